The van der Waals surface area contributed by atoms with Crippen LogP contribution in [-0.2, 0) is 67.2 Å². The summed E-state index contributed by atoms with van der Waals surface area (Å²) in [5.74, 6) is -8.54. The molecule has 1 fully saturated rings. The summed E-state index contributed by atoms with van der Waals surface area (Å²) in [6.45, 7) is 8.64. The number of amides is 7. The Morgan fingerprint density at radius 2 is 1.19 bits per heavy atom. The Balaban J connectivity index is 1.45. The van der Waals surface area contributed by atoms with Gasteiger partial charge < -0.3 is 73.9 Å². The fourth-order valence-corrected chi connectivity index (χ4v) is 10.5. The molecule has 2 heterocycles. The van der Waals surface area contributed by atoms with Gasteiger partial charge >= 0.3 is 11.9 Å². The van der Waals surface area contributed by atoms with Gasteiger partial charge in [-0.3, -0.25) is 43.3 Å². The van der Waals surface area contributed by atoms with Gasteiger partial charge in [0.15, 0.2) is 5.96 Å². The zero-order valence-electron chi connectivity index (χ0n) is 52.6. The first-order chi connectivity index (χ1) is 42.6. The van der Waals surface area contributed by atoms with Crippen molar-refractivity contribution in [1.82, 2.24) is 46.8 Å². The number of aliphatic imine (C=N–C) groups is 1. The number of carboxylic acids is 1. The number of aromatic amines is 1. The molecule has 0 saturated carbocycles. The van der Waals surface area contributed by atoms with E-state index in [2.05, 4.69) is 53.8 Å². The number of benzene rings is 2. The van der Waals surface area contributed by atoms with Gasteiger partial charge in [0.1, 0.15) is 60.7 Å². The quantitative estimate of drug-likeness (QED) is 0.0166. The number of phenolic OH excluding ortho intramolecular Hbond substituents is 1. The number of guanidine groups is 1. The van der Waals surface area contributed by atoms with Crippen molar-refractivity contribution < 1.29 is 58.1 Å². The number of hydrogen-bond acceptors (Lipinski definition) is 14. The van der Waals surface area contributed by atoms with E-state index in [1.165, 1.54) is 87.3 Å². The molecule has 3 aromatic rings. The second-order valence-corrected chi connectivity index (χ2v) is 23.8. The van der Waals surface area contributed by atoms with Crippen molar-refractivity contribution >= 4 is 59.2 Å². The van der Waals surface area contributed by atoms with Crippen LogP contribution in [0.25, 0.3) is 0 Å². The van der Waals surface area contributed by atoms with E-state index >= 15 is 0 Å². The van der Waals surface area contributed by atoms with Crippen LogP contribution in [0.5, 0.6) is 5.75 Å². The van der Waals surface area contributed by atoms with Gasteiger partial charge in [-0.05, 0) is 67.2 Å². The number of likely N-dealkylation sites (tertiary alicyclic amines) is 1. The second-order valence-electron chi connectivity index (χ2n) is 23.8. The molecular formula is C64H99N13O12. The van der Waals surface area contributed by atoms with Gasteiger partial charge in [0.25, 0.3) is 0 Å². The number of esters is 1. The lowest BCUT2D eigenvalue weighted by atomic mass is 9.98. The molecule has 2 aromatic carbocycles. The van der Waals surface area contributed by atoms with Gasteiger partial charge in [0.05, 0.1) is 6.33 Å². The van der Waals surface area contributed by atoms with E-state index in [9.17, 15) is 53.4 Å². The average Bonchev–Trinajstić information content (AvgIpc) is 2.24. The van der Waals surface area contributed by atoms with Gasteiger partial charge in [-0.25, -0.2) is 9.78 Å². The van der Waals surface area contributed by atoms with Gasteiger partial charge in [0, 0.05) is 50.7 Å². The number of hydrogen-bond donors (Lipinski definition) is 12. The third kappa shape index (κ3) is 27.0. The van der Waals surface area contributed by atoms with Crippen LogP contribution in [0.1, 0.15) is 167 Å². The minimum Gasteiger partial charge on any atom is -0.508 e. The maximum absolute atomic E-state index is 14.6. The molecule has 25 heteroatoms. The second kappa shape index (κ2) is 39.7. The molecule has 0 unspecified atom stereocenters. The van der Waals surface area contributed by atoms with E-state index in [1.54, 1.807) is 70.2 Å². The first-order valence-corrected chi connectivity index (χ1v) is 31.7. The number of aromatic nitrogens is 2. The number of aromatic hydroxyl groups is 1. The number of rotatable bonds is 42. The van der Waals surface area contributed by atoms with Crippen LogP contribution >= 0.6 is 0 Å². The van der Waals surface area contributed by atoms with Crippen LogP contribution in [0, 0.1) is 11.8 Å². The predicted octanol–water partition coefficient (Wildman–Crippen LogP) is 3.85. The van der Waals surface area contributed by atoms with E-state index in [0.29, 0.717) is 29.7 Å². The normalized spacial score (nSPS) is 15.3. The summed E-state index contributed by atoms with van der Waals surface area (Å²) in [7, 11) is 0. The van der Waals surface area contributed by atoms with Crippen LogP contribution in [0.15, 0.2) is 72.1 Å². The van der Waals surface area contributed by atoms with Crippen LogP contribution in [0.3, 0.4) is 0 Å². The number of phenols is 1. The molecule has 4 rings (SSSR count). The fourth-order valence-electron chi connectivity index (χ4n) is 10.5. The Morgan fingerprint density at radius 1 is 0.652 bits per heavy atom. The van der Waals surface area contributed by atoms with E-state index in [4.69, 9.17) is 21.9 Å². The van der Waals surface area contributed by atoms with Crippen molar-refractivity contribution in [2.45, 2.75) is 218 Å². The summed E-state index contributed by atoms with van der Waals surface area (Å²) in [6, 6.07) is 4.31. The first kappa shape index (κ1) is 73.4. The summed E-state index contributed by atoms with van der Waals surface area (Å²) in [5, 5.41) is 36.4. The summed E-state index contributed by atoms with van der Waals surface area (Å²) in [5.41, 5.74) is 18.9. The van der Waals surface area contributed by atoms with Crippen LogP contribution in [0.4, 0.5) is 0 Å². The van der Waals surface area contributed by atoms with Crippen LogP contribution in [0.2, 0.25) is 0 Å². The van der Waals surface area contributed by atoms with Gasteiger partial charge in [-0.1, -0.05) is 154 Å². The SMILES string of the molecule is CCCCCCCCCCCCCCCC(=O)OC[C@H](N)C(=O)N[C@@H](CCCN=C(N)N)C(=O)N[C@H](C(=O)N[C@@H](Cc1ccc(O)cc1)C(=O)N[C@H](C(=O)N[C@@H](Cc1cnc[nH]1)C(=O)N1CCC[C@H]1C(=O)N[C@@H](Cc1ccccc1)C(=O)O)C(C)C)C(C)C. The zero-order chi connectivity index (χ0) is 65.3. The molecule has 1 aliphatic heterocycles. The summed E-state index contributed by atoms with van der Waals surface area (Å²) >= 11 is 0. The standard InChI is InChI=1S/C64H99N13O12/c1-6-7-8-9-10-11-12-13-14-15-16-17-21-28-53(79)89-39-47(65)56(80)71-48(26-22-33-69-64(66)67)57(81)75-54(41(2)3)60(84)72-49(35-44-29-31-46(78)32-30-44)58(82)76-55(42(4)5)61(85)73-50(37-45-38-68-40-70-45)62(86)77-34-23-27-52(77)59(83)74-51(63(87)88)36-43-24-19-18-20-25-43/h18-20,24-25,29-32,38,40-42,47-52,54-55,78H,6-17,21-23,26-28,33-37,39,65H2,1-5H3,(H,68,70)(H,71,80)(H,72,84)(H,73,85)(H,74,83)(H,75,81)(H,76,82)(H,87,88)(H4,66,67,69)/t47-,48-,49-,50-,51-,52-,54-,55-/m0/s1. The smallest absolute Gasteiger partial charge is 0.326 e. The van der Waals surface area contributed by atoms with E-state index in [-0.39, 0.29) is 69.7 Å². The molecule has 492 valence electrons. The maximum atomic E-state index is 14.6. The van der Waals surface area contributed by atoms with Gasteiger partial charge in [-0.15, -0.1) is 0 Å². The van der Waals surface area contributed by atoms with E-state index in [1.807, 2.05) is 0 Å². The molecule has 1 aromatic heterocycles. The Bertz CT molecular complexity index is 2710. The third-order valence-corrected chi connectivity index (χ3v) is 15.7. The molecule has 1 aliphatic rings. The lowest BCUT2D eigenvalue weighted by Crippen LogP contribution is -2.62. The number of carboxylic acid groups (broad SMARTS) is 1. The van der Waals surface area contributed by atoms with Gasteiger partial charge in [0.2, 0.25) is 41.4 Å². The number of nitrogens with zero attached hydrogens (tertiary/aromatic N) is 3. The van der Waals surface area contributed by atoms with Crippen molar-refractivity contribution in [3.8, 4) is 5.75 Å². The van der Waals surface area contributed by atoms with Crippen molar-refractivity contribution in [3.63, 3.8) is 0 Å². The number of nitrogens with one attached hydrogen (secondary N) is 7. The predicted molar refractivity (Wildman–Crippen MR) is 337 cm³/mol. The Labute approximate surface area is 523 Å². The molecule has 0 aliphatic carbocycles. The molecule has 0 bridgehead atoms. The lowest BCUT2D eigenvalue weighted by Gasteiger charge is -2.31. The van der Waals surface area contributed by atoms with Crippen LogP contribution in [-0.4, -0.2) is 152 Å². The van der Waals surface area contributed by atoms with Crippen molar-refractivity contribution in [3.05, 3.63) is 83.9 Å². The molecule has 1 saturated heterocycles. The van der Waals surface area contributed by atoms with E-state index in [0.717, 1.165) is 19.3 Å². The number of ether oxygens (including phenoxy) is 1. The topological polar surface area (TPSA) is 398 Å². The third-order valence-electron chi connectivity index (χ3n) is 15.7. The largest absolute Gasteiger partial charge is 0.508 e. The lowest BCUT2D eigenvalue weighted by molar-refractivity contribution is -0.146. The summed E-state index contributed by atoms with van der Waals surface area (Å²) in [4.78, 5) is 137. The monoisotopic (exact) mass is 1240 g/mol. The number of aliphatic carboxylic acids is 1. The number of imidazole rings is 1. The molecule has 0 radical (unpaired) electrons. The first-order valence-electron chi connectivity index (χ1n) is 31.7. The van der Waals surface area contributed by atoms with Gasteiger partial charge in [-0.2, -0.15) is 0 Å². The summed E-state index contributed by atoms with van der Waals surface area (Å²) in [6.07, 6.45) is 18.6. The Hall–Kier alpha value is -8.09. The van der Waals surface area contributed by atoms with Crippen molar-refractivity contribution in [2.75, 3.05) is 19.7 Å². The molecule has 15 N–H and O–H groups in total. The highest BCUT2D eigenvalue weighted by molar-refractivity contribution is 5.98. The van der Waals surface area contributed by atoms with E-state index < -0.39 is 120 Å². The maximum Gasteiger partial charge on any atom is 0.326 e. The molecule has 89 heavy (non-hydrogen) atoms. The summed E-state index contributed by atoms with van der Waals surface area (Å²) < 4.78 is 5.35. The number of carbonyl (C=O) groups excluding carboxylic acids is 8. The highest BCUT2D eigenvalue weighted by Gasteiger charge is 2.41. The highest BCUT2D eigenvalue weighted by Crippen LogP contribution is 2.22. The Morgan fingerprint density at radius 3 is 1.74 bits per heavy atom. The van der Waals surface area contributed by atoms with Crippen molar-refractivity contribution in [2.24, 2.45) is 34.0 Å². The molecule has 7 amide bonds. The van der Waals surface area contributed by atoms with Crippen molar-refractivity contribution in [1.29, 1.82) is 0 Å². The number of nitrogens with two attached hydrogens (primary N) is 3. The number of H-pyrrole nitrogens is 1. The number of unbranched alkanes of at least 4 members (excludes halogenated alkanes) is 12. The Kier molecular flexibility index (Phi) is 32.8. The fraction of sp³-hybridized carbons (Fsp3) is 0.609. The minimum atomic E-state index is -1.41. The number of carbonyl (C=O) groups is 9. The zero-order valence-corrected chi connectivity index (χ0v) is 52.6. The molecule has 0 spiro atoms. The molecule has 25 nitrogen and oxygen atoms in total. The molecule has 8 atom stereocenters. The highest BCUT2D eigenvalue weighted by atomic mass is 16.5. The molecular weight excluding hydrogens is 1140 g/mol. The minimum absolute atomic E-state index is 0.00126. The van der Waals surface area contributed by atoms with Crippen LogP contribution < -0.4 is 49.1 Å². The average molecular weight is 1240 g/mol.